The molecular weight excluding hydrogens is 294 g/mol. The molecule has 0 bridgehead atoms. The summed E-state index contributed by atoms with van der Waals surface area (Å²) in [6.07, 6.45) is 0. The molecule has 2 nitrogen and oxygen atoms in total. The van der Waals surface area contributed by atoms with E-state index < -0.39 is 0 Å². The van der Waals surface area contributed by atoms with Crippen LogP contribution in [0, 0.1) is 0 Å². The SMILES string of the molecule is [Br-].[Br-].[NH2-].[NH2-].[Pd+2]. The maximum Gasteiger partial charge on any atom is 2.00 e. The van der Waals surface area contributed by atoms with E-state index >= 15 is 0 Å². The summed E-state index contributed by atoms with van der Waals surface area (Å²) < 4.78 is 0. The fraction of sp³-hybridized carbons (Fsp3) is 0. The molecule has 4 N–H and O–H groups in total. The molecule has 0 aromatic rings. The molecule has 5 heavy (non-hydrogen) atoms. The molecule has 0 atom stereocenters. The first-order valence-corrected chi connectivity index (χ1v) is 0. The van der Waals surface area contributed by atoms with Crippen LogP contribution in [0.25, 0.3) is 12.3 Å². The first-order valence-electron chi connectivity index (χ1n) is 0. The van der Waals surface area contributed by atoms with Crippen molar-refractivity contribution >= 4 is 0 Å². The Balaban J connectivity index is 0. The van der Waals surface area contributed by atoms with Crippen molar-refractivity contribution < 1.29 is 54.4 Å². The van der Waals surface area contributed by atoms with Crippen molar-refractivity contribution in [1.82, 2.24) is 0 Å². The van der Waals surface area contributed by atoms with Crippen molar-refractivity contribution in [1.29, 1.82) is 0 Å². The van der Waals surface area contributed by atoms with Crippen LogP contribution in [0.15, 0.2) is 0 Å². The van der Waals surface area contributed by atoms with Gasteiger partial charge in [0.2, 0.25) is 0 Å². The van der Waals surface area contributed by atoms with Gasteiger partial charge in [0.05, 0.1) is 0 Å². The molecule has 0 saturated heterocycles. The molecule has 0 aromatic heterocycles. The zero-order valence-corrected chi connectivity index (χ0v) is 6.95. The number of rotatable bonds is 0. The summed E-state index contributed by atoms with van der Waals surface area (Å²) in [5.74, 6) is 0. The Bertz CT molecular complexity index is 7.61. The Morgan fingerprint density at radius 1 is 0.600 bits per heavy atom. The van der Waals surface area contributed by atoms with Crippen LogP contribution in [0.3, 0.4) is 0 Å². The van der Waals surface area contributed by atoms with E-state index in [1.54, 1.807) is 0 Å². The van der Waals surface area contributed by atoms with Crippen molar-refractivity contribution in [3.63, 3.8) is 0 Å². The van der Waals surface area contributed by atoms with Gasteiger partial charge in [0.1, 0.15) is 0 Å². The molecule has 0 aliphatic heterocycles. The Labute approximate surface area is 66.4 Å². The normalized spacial score (nSPS) is 0. The van der Waals surface area contributed by atoms with Gasteiger partial charge in [-0.2, -0.15) is 0 Å². The van der Waals surface area contributed by atoms with E-state index in [0.29, 0.717) is 0 Å². The van der Waals surface area contributed by atoms with Crippen LogP contribution in [-0.4, -0.2) is 0 Å². The molecule has 0 fully saturated rings. The van der Waals surface area contributed by atoms with Gasteiger partial charge in [-0.25, -0.2) is 0 Å². The molecule has 0 heterocycles. The molecule has 5 heteroatoms. The van der Waals surface area contributed by atoms with E-state index in [-0.39, 0.29) is 66.7 Å². The first-order chi connectivity index (χ1) is 0. The van der Waals surface area contributed by atoms with Crippen LogP contribution < -0.4 is 34.0 Å². The summed E-state index contributed by atoms with van der Waals surface area (Å²) >= 11 is 0. The predicted octanol–water partition coefficient (Wildman–Crippen LogP) is -4.56. The van der Waals surface area contributed by atoms with Crippen LogP contribution >= 0.6 is 0 Å². The van der Waals surface area contributed by atoms with Crippen LogP contribution in [0.4, 0.5) is 0 Å². The van der Waals surface area contributed by atoms with E-state index in [2.05, 4.69) is 0 Å². The summed E-state index contributed by atoms with van der Waals surface area (Å²) in [5.41, 5.74) is 0. The monoisotopic (exact) mass is 296 g/mol. The summed E-state index contributed by atoms with van der Waals surface area (Å²) in [7, 11) is 0. The van der Waals surface area contributed by atoms with Gasteiger partial charge < -0.3 is 46.3 Å². The quantitative estimate of drug-likeness (QED) is 0.404. The molecule has 0 spiro atoms. The van der Waals surface area contributed by atoms with Crippen molar-refractivity contribution in [2.75, 3.05) is 0 Å². The second-order valence-corrected chi connectivity index (χ2v) is 0. The zero-order valence-electron chi connectivity index (χ0n) is 2.23. The molecule has 0 amide bonds. The smallest absolute Gasteiger partial charge is 1.00 e. The van der Waals surface area contributed by atoms with E-state index in [9.17, 15) is 0 Å². The third-order valence-electron chi connectivity index (χ3n) is 0. The molecule has 40 valence electrons. The minimum atomic E-state index is 0. The Morgan fingerprint density at radius 2 is 0.600 bits per heavy atom. The first kappa shape index (κ1) is 84.5. The molecule has 0 aliphatic rings. The minimum Gasteiger partial charge on any atom is -1.00 e. The van der Waals surface area contributed by atoms with Gasteiger partial charge in [0.25, 0.3) is 0 Å². The maximum atomic E-state index is 0. The Morgan fingerprint density at radius 3 is 0.600 bits per heavy atom. The number of nitrogens with two attached hydrogens (primary N) is 2. The number of hydrogen-bond acceptors (Lipinski definition) is 0. The minimum absolute atomic E-state index is 0. The average Bonchev–Trinajstić information content (AvgIpc) is 0. The van der Waals surface area contributed by atoms with E-state index in [4.69, 9.17) is 0 Å². The van der Waals surface area contributed by atoms with Gasteiger partial charge >= 0.3 is 20.4 Å². The Hall–Kier alpha value is 1.54. The molecule has 0 unspecified atom stereocenters. The molecule has 0 radical (unpaired) electrons. The maximum absolute atomic E-state index is 0. The largest absolute Gasteiger partial charge is 2.00 e. The Kier molecular flexibility index (Phi) is 812. The van der Waals surface area contributed by atoms with Crippen LogP contribution in [-0.2, 0) is 20.4 Å². The van der Waals surface area contributed by atoms with Crippen molar-refractivity contribution in [3.8, 4) is 0 Å². The molecule has 0 aliphatic carbocycles. The summed E-state index contributed by atoms with van der Waals surface area (Å²) in [4.78, 5) is 0. The van der Waals surface area contributed by atoms with Crippen LogP contribution in [0.5, 0.6) is 0 Å². The van der Waals surface area contributed by atoms with Crippen LogP contribution in [0.2, 0.25) is 0 Å². The van der Waals surface area contributed by atoms with Gasteiger partial charge in [0.15, 0.2) is 0 Å². The van der Waals surface area contributed by atoms with E-state index in [0.717, 1.165) is 0 Å². The summed E-state index contributed by atoms with van der Waals surface area (Å²) in [6.45, 7) is 0. The molecule has 0 saturated carbocycles. The third kappa shape index (κ3) is 29.2. The number of halogens is 2. The van der Waals surface area contributed by atoms with Gasteiger partial charge in [-0.1, -0.05) is 0 Å². The summed E-state index contributed by atoms with van der Waals surface area (Å²) in [6, 6.07) is 0. The van der Waals surface area contributed by atoms with Gasteiger partial charge in [-0.3, -0.25) is 0 Å². The fourth-order valence-electron chi connectivity index (χ4n) is 0. The average molecular weight is 298 g/mol. The second kappa shape index (κ2) is 48.1. The third-order valence-corrected chi connectivity index (χ3v) is 0. The molecule has 0 rings (SSSR count). The van der Waals surface area contributed by atoms with E-state index in [1.165, 1.54) is 0 Å². The molecular formula is H4Br2N2Pd-2. The van der Waals surface area contributed by atoms with E-state index in [1.807, 2.05) is 0 Å². The van der Waals surface area contributed by atoms with Crippen molar-refractivity contribution in [2.24, 2.45) is 0 Å². The van der Waals surface area contributed by atoms with Crippen molar-refractivity contribution in [2.45, 2.75) is 0 Å². The van der Waals surface area contributed by atoms with Crippen LogP contribution in [0.1, 0.15) is 0 Å². The number of hydrogen-bond donors (Lipinski definition) is 0. The standard InChI is InChI=1S/2BrH.2H2N.Pd/h2*1H;2*1H2;/q;;2*-1;+2/p-2. The van der Waals surface area contributed by atoms with Gasteiger partial charge in [0, 0.05) is 0 Å². The van der Waals surface area contributed by atoms with Crippen molar-refractivity contribution in [3.05, 3.63) is 12.3 Å². The van der Waals surface area contributed by atoms with Gasteiger partial charge in [-0.15, -0.1) is 0 Å². The summed E-state index contributed by atoms with van der Waals surface area (Å²) in [5, 5.41) is 0. The topological polar surface area (TPSA) is 67.0 Å². The predicted molar refractivity (Wildman–Crippen MR) is 10.6 cm³/mol. The second-order valence-electron chi connectivity index (χ2n) is 0. The van der Waals surface area contributed by atoms with Gasteiger partial charge in [-0.05, 0) is 0 Å². The fourth-order valence-corrected chi connectivity index (χ4v) is 0. The zero-order chi connectivity index (χ0) is 0. The molecule has 0 aromatic carbocycles.